The van der Waals surface area contributed by atoms with Crippen molar-refractivity contribution in [3.8, 4) is 16.9 Å². The normalized spacial score (nSPS) is 10.1. The first-order valence-electron chi connectivity index (χ1n) is 4.76. The van der Waals surface area contributed by atoms with Gasteiger partial charge in [0.1, 0.15) is 11.6 Å². The number of nitrogens with zero attached hydrogens (tertiary/aromatic N) is 1. The second-order valence-electron chi connectivity index (χ2n) is 3.32. The molecule has 0 aliphatic rings. The van der Waals surface area contributed by atoms with Crippen LogP contribution >= 0.6 is 15.9 Å². The Morgan fingerprint density at radius 2 is 2.12 bits per heavy atom. The van der Waals surface area contributed by atoms with Crippen LogP contribution < -0.4 is 10.5 Å². The number of methoxy groups -OCH3 is 1. The summed E-state index contributed by atoms with van der Waals surface area (Å²) in [5.74, 6) is 1.31. The molecule has 1 aromatic carbocycles. The van der Waals surface area contributed by atoms with E-state index in [2.05, 4.69) is 20.9 Å². The molecule has 0 aliphatic carbocycles. The van der Waals surface area contributed by atoms with Crippen LogP contribution in [0.25, 0.3) is 11.1 Å². The highest BCUT2D eigenvalue weighted by Crippen LogP contribution is 2.29. The topological polar surface area (TPSA) is 48.1 Å². The van der Waals surface area contributed by atoms with Crippen LogP contribution in [0.1, 0.15) is 0 Å². The van der Waals surface area contributed by atoms with Gasteiger partial charge in [0, 0.05) is 16.2 Å². The van der Waals surface area contributed by atoms with Crippen molar-refractivity contribution in [2.75, 3.05) is 12.8 Å². The first kappa shape index (κ1) is 11.0. The van der Waals surface area contributed by atoms with Crippen LogP contribution in [-0.4, -0.2) is 12.1 Å². The Balaban J connectivity index is 2.53. The number of ether oxygens (including phenoxy) is 1. The summed E-state index contributed by atoms with van der Waals surface area (Å²) < 4.78 is 6.08. The van der Waals surface area contributed by atoms with Gasteiger partial charge in [-0.05, 0) is 39.7 Å². The van der Waals surface area contributed by atoms with Crippen molar-refractivity contribution >= 4 is 21.7 Å². The molecule has 16 heavy (non-hydrogen) atoms. The summed E-state index contributed by atoms with van der Waals surface area (Å²) >= 11 is 3.38. The maximum atomic E-state index is 5.84. The molecular formula is C12H11BrN2O. The van der Waals surface area contributed by atoms with Crippen molar-refractivity contribution in [1.29, 1.82) is 0 Å². The van der Waals surface area contributed by atoms with Gasteiger partial charge in [0.25, 0.3) is 0 Å². The van der Waals surface area contributed by atoms with Gasteiger partial charge in [-0.1, -0.05) is 12.1 Å². The largest absolute Gasteiger partial charge is 0.497 e. The quantitative estimate of drug-likeness (QED) is 0.918. The van der Waals surface area contributed by atoms with Gasteiger partial charge < -0.3 is 10.5 Å². The van der Waals surface area contributed by atoms with Gasteiger partial charge >= 0.3 is 0 Å². The molecule has 1 aromatic heterocycles. The van der Waals surface area contributed by atoms with E-state index >= 15 is 0 Å². The number of hydrogen-bond donors (Lipinski definition) is 1. The minimum Gasteiger partial charge on any atom is -0.497 e. The van der Waals surface area contributed by atoms with Crippen LogP contribution in [-0.2, 0) is 0 Å². The molecule has 2 aromatic rings. The van der Waals surface area contributed by atoms with E-state index in [-0.39, 0.29) is 0 Å². The summed E-state index contributed by atoms with van der Waals surface area (Å²) in [6.07, 6.45) is 1.68. The smallest absolute Gasteiger partial charge is 0.131 e. The zero-order valence-electron chi connectivity index (χ0n) is 8.77. The van der Waals surface area contributed by atoms with E-state index in [0.29, 0.717) is 5.82 Å². The predicted molar refractivity (Wildman–Crippen MR) is 68.3 cm³/mol. The number of anilines is 1. The first-order valence-corrected chi connectivity index (χ1v) is 5.55. The fraction of sp³-hybridized carbons (Fsp3) is 0.0833. The Morgan fingerprint density at radius 3 is 2.88 bits per heavy atom. The molecule has 0 fully saturated rings. The van der Waals surface area contributed by atoms with E-state index < -0.39 is 0 Å². The minimum atomic E-state index is 0.511. The Labute approximate surface area is 102 Å². The zero-order chi connectivity index (χ0) is 11.5. The van der Waals surface area contributed by atoms with E-state index in [4.69, 9.17) is 10.5 Å². The average molecular weight is 279 g/mol. The highest BCUT2D eigenvalue weighted by Gasteiger charge is 2.05. The summed E-state index contributed by atoms with van der Waals surface area (Å²) in [6, 6.07) is 9.67. The molecule has 0 spiro atoms. The molecule has 82 valence electrons. The van der Waals surface area contributed by atoms with Gasteiger partial charge in [-0.2, -0.15) is 0 Å². The lowest BCUT2D eigenvalue weighted by Gasteiger charge is -2.07. The van der Waals surface area contributed by atoms with Gasteiger partial charge in [0.2, 0.25) is 0 Å². The SMILES string of the molecule is COc1cccc(-c2cc(Br)cnc2N)c1. The van der Waals surface area contributed by atoms with Crippen LogP contribution in [0.4, 0.5) is 5.82 Å². The summed E-state index contributed by atoms with van der Waals surface area (Å²) in [5.41, 5.74) is 7.73. The van der Waals surface area contributed by atoms with Gasteiger partial charge in [-0.25, -0.2) is 4.98 Å². The lowest BCUT2D eigenvalue weighted by atomic mass is 10.1. The number of rotatable bonds is 2. The average Bonchev–Trinajstić information content (AvgIpc) is 2.32. The molecule has 4 heteroatoms. The van der Waals surface area contributed by atoms with Crippen molar-refractivity contribution in [1.82, 2.24) is 4.98 Å². The maximum absolute atomic E-state index is 5.84. The van der Waals surface area contributed by atoms with Crippen LogP contribution in [0.2, 0.25) is 0 Å². The van der Waals surface area contributed by atoms with E-state index in [0.717, 1.165) is 21.3 Å². The second kappa shape index (κ2) is 4.53. The predicted octanol–water partition coefficient (Wildman–Crippen LogP) is 3.10. The van der Waals surface area contributed by atoms with Crippen molar-refractivity contribution in [2.45, 2.75) is 0 Å². The highest BCUT2D eigenvalue weighted by atomic mass is 79.9. The summed E-state index contributed by atoms with van der Waals surface area (Å²) in [4.78, 5) is 4.10. The molecule has 0 unspecified atom stereocenters. The first-order chi connectivity index (χ1) is 7.70. The van der Waals surface area contributed by atoms with Crippen molar-refractivity contribution < 1.29 is 4.74 Å². The second-order valence-corrected chi connectivity index (χ2v) is 4.23. The Morgan fingerprint density at radius 1 is 1.31 bits per heavy atom. The Kier molecular flexibility index (Phi) is 3.10. The molecule has 0 radical (unpaired) electrons. The third-order valence-electron chi connectivity index (χ3n) is 2.27. The van der Waals surface area contributed by atoms with Gasteiger partial charge in [0.05, 0.1) is 7.11 Å². The molecule has 0 atom stereocenters. The molecule has 0 saturated heterocycles. The molecule has 1 heterocycles. The van der Waals surface area contributed by atoms with Crippen molar-refractivity contribution in [3.05, 3.63) is 41.0 Å². The Hall–Kier alpha value is -1.55. The summed E-state index contributed by atoms with van der Waals surface area (Å²) in [7, 11) is 1.64. The fourth-order valence-electron chi connectivity index (χ4n) is 1.47. The fourth-order valence-corrected chi connectivity index (χ4v) is 1.80. The number of aromatic nitrogens is 1. The van der Waals surface area contributed by atoms with Crippen molar-refractivity contribution in [2.24, 2.45) is 0 Å². The molecular weight excluding hydrogens is 268 g/mol. The molecule has 2 N–H and O–H groups in total. The number of benzene rings is 1. The summed E-state index contributed by atoms with van der Waals surface area (Å²) in [6.45, 7) is 0. The molecule has 0 bridgehead atoms. The van der Waals surface area contributed by atoms with E-state index in [1.165, 1.54) is 0 Å². The lowest BCUT2D eigenvalue weighted by molar-refractivity contribution is 0.415. The van der Waals surface area contributed by atoms with Gasteiger partial charge in [0.15, 0.2) is 0 Å². The third kappa shape index (κ3) is 2.17. The summed E-state index contributed by atoms with van der Waals surface area (Å²) in [5, 5.41) is 0. The minimum absolute atomic E-state index is 0.511. The number of pyridine rings is 1. The lowest BCUT2D eigenvalue weighted by Crippen LogP contribution is -1.94. The van der Waals surface area contributed by atoms with Crippen LogP contribution in [0.3, 0.4) is 0 Å². The van der Waals surface area contributed by atoms with Crippen LogP contribution in [0, 0.1) is 0 Å². The van der Waals surface area contributed by atoms with E-state index in [1.54, 1.807) is 13.3 Å². The number of halogens is 1. The maximum Gasteiger partial charge on any atom is 0.131 e. The van der Waals surface area contributed by atoms with E-state index in [9.17, 15) is 0 Å². The number of nitrogens with two attached hydrogens (primary N) is 1. The third-order valence-corrected chi connectivity index (χ3v) is 2.70. The van der Waals surface area contributed by atoms with Gasteiger partial charge in [-0.3, -0.25) is 0 Å². The molecule has 2 rings (SSSR count). The van der Waals surface area contributed by atoms with Gasteiger partial charge in [-0.15, -0.1) is 0 Å². The molecule has 0 aliphatic heterocycles. The number of nitrogen functional groups attached to an aromatic ring is 1. The number of hydrogen-bond acceptors (Lipinski definition) is 3. The highest BCUT2D eigenvalue weighted by molar-refractivity contribution is 9.10. The zero-order valence-corrected chi connectivity index (χ0v) is 10.4. The Bertz CT molecular complexity index is 514. The molecule has 3 nitrogen and oxygen atoms in total. The monoisotopic (exact) mass is 278 g/mol. The van der Waals surface area contributed by atoms with Crippen LogP contribution in [0.5, 0.6) is 5.75 Å². The molecule has 0 saturated carbocycles. The van der Waals surface area contributed by atoms with Crippen molar-refractivity contribution in [3.63, 3.8) is 0 Å². The van der Waals surface area contributed by atoms with Crippen LogP contribution in [0.15, 0.2) is 41.0 Å². The standard InChI is InChI=1S/C12H11BrN2O/c1-16-10-4-2-3-8(5-10)11-6-9(13)7-15-12(11)14/h2-7H,1H3,(H2,14,15). The van der Waals surface area contributed by atoms with E-state index in [1.807, 2.05) is 30.3 Å². The molecule has 0 amide bonds.